The summed E-state index contributed by atoms with van der Waals surface area (Å²) in [6, 6.07) is 13.7. The molecule has 0 fully saturated rings. The smallest absolute Gasteiger partial charge is 0.319 e. The van der Waals surface area contributed by atoms with Crippen LogP contribution in [0.5, 0.6) is 5.75 Å². The van der Waals surface area contributed by atoms with Crippen molar-refractivity contribution >= 4 is 33.3 Å². The van der Waals surface area contributed by atoms with Crippen LogP contribution in [0.1, 0.15) is 32.8 Å². The summed E-state index contributed by atoms with van der Waals surface area (Å²) in [6.45, 7) is 7.62. The molecule has 0 aromatic heterocycles. The Hall–Kier alpha value is -2.21. The van der Waals surface area contributed by atoms with Crippen LogP contribution in [0.2, 0.25) is 0 Å². The van der Waals surface area contributed by atoms with Crippen LogP contribution in [0.25, 0.3) is 0 Å². The van der Waals surface area contributed by atoms with Gasteiger partial charge in [-0.25, -0.2) is 4.79 Å². The lowest BCUT2D eigenvalue weighted by molar-refractivity contribution is 0.250. The second-order valence-electron chi connectivity index (χ2n) is 7.92. The first-order valence-electron chi connectivity index (χ1n) is 9.42. The van der Waals surface area contributed by atoms with E-state index in [2.05, 4.69) is 59.5 Å². The third kappa shape index (κ3) is 6.75. The molecular weight excluding hydrogens is 418 g/mol. The molecule has 0 saturated carbocycles. The number of ether oxygens (including phenoxy) is 1. The van der Waals surface area contributed by atoms with Crippen molar-refractivity contribution in [3.8, 4) is 5.75 Å². The van der Waals surface area contributed by atoms with E-state index < -0.39 is 0 Å². The molecule has 6 heteroatoms. The minimum absolute atomic E-state index is 0.102. The highest BCUT2D eigenvalue weighted by molar-refractivity contribution is 9.10. The van der Waals surface area contributed by atoms with Gasteiger partial charge in [-0.2, -0.15) is 0 Å². The molecule has 2 amide bonds. The van der Waals surface area contributed by atoms with Gasteiger partial charge in [0, 0.05) is 32.0 Å². The summed E-state index contributed by atoms with van der Waals surface area (Å²) in [7, 11) is 3.96. The molecule has 2 aromatic carbocycles. The fourth-order valence-electron chi connectivity index (χ4n) is 2.56. The monoisotopic (exact) mass is 447 g/mol. The van der Waals surface area contributed by atoms with Crippen molar-refractivity contribution in [3.05, 3.63) is 52.5 Å². The molecule has 2 N–H and O–H groups in total. The summed E-state index contributed by atoms with van der Waals surface area (Å²) in [5, 5.41) is 5.68. The first-order chi connectivity index (χ1) is 13.2. The Morgan fingerprint density at radius 3 is 2.36 bits per heavy atom. The van der Waals surface area contributed by atoms with Crippen molar-refractivity contribution in [3.63, 3.8) is 0 Å². The summed E-state index contributed by atoms with van der Waals surface area (Å²) in [4.78, 5) is 14.0. The molecule has 0 aliphatic rings. The maximum atomic E-state index is 12.0. The predicted molar refractivity (Wildman–Crippen MR) is 121 cm³/mol. The molecule has 0 aliphatic heterocycles. The van der Waals surface area contributed by atoms with Gasteiger partial charge in [0.25, 0.3) is 0 Å². The Bertz CT molecular complexity index is 783. The van der Waals surface area contributed by atoms with Crippen molar-refractivity contribution in [2.45, 2.75) is 32.6 Å². The Labute approximate surface area is 176 Å². The molecule has 0 heterocycles. The van der Waals surface area contributed by atoms with E-state index in [1.165, 1.54) is 5.56 Å². The third-order valence-corrected chi connectivity index (χ3v) is 4.92. The molecule has 0 atom stereocenters. The van der Waals surface area contributed by atoms with E-state index in [1.54, 1.807) is 0 Å². The first kappa shape index (κ1) is 22.1. The minimum Gasteiger partial charge on any atom is -0.492 e. The van der Waals surface area contributed by atoms with Crippen LogP contribution in [-0.4, -0.2) is 33.3 Å². The van der Waals surface area contributed by atoms with Crippen LogP contribution >= 0.6 is 15.9 Å². The number of nitrogens with zero attached hydrogens (tertiary/aromatic N) is 1. The molecule has 0 spiro atoms. The number of benzene rings is 2. The highest BCUT2D eigenvalue weighted by atomic mass is 79.9. The van der Waals surface area contributed by atoms with Crippen LogP contribution < -0.4 is 20.3 Å². The molecular formula is C22H30BrN3O2. The summed E-state index contributed by atoms with van der Waals surface area (Å²) in [5.74, 6) is 0.818. The Kier molecular flexibility index (Phi) is 7.75. The maximum Gasteiger partial charge on any atom is 0.319 e. The van der Waals surface area contributed by atoms with Gasteiger partial charge in [-0.05, 0) is 69.7 Å². The first-order valence-corrected chi connectivity index (χ1v) is 10.2. The van der Waals surface area contributed by atoms with Gasteiger partial charge in [-0.1, -0.05) is 26.8 Å². The average Bonchev–Trinajstić information content (AvgIpc) is 2.62. The quantitative estimate of drug-likeness (QED) is 0.558. The fourth-order valence-corrected chi connectivity index (χ4v) is 3.05. The van der Waals surface area contributed by atoms with Crippen LogP contribution in [0.15, 0.2) is 46.9 Å². The van der Waals surface area contributed by atoms with Crippen LogP contribution in [0, 0.1) is 0 Å². The van der Waals surface area contributed by atoms with E-state index in [0.29, 0.717) is 13.2 Å². The normalized spacial score (nSPS) is 11.1. The van der Waals surface area contributed by atoms with Crippen LogP contribution in [0.3, 0.4) is 0 Å². The number of nitrogens with one attached hydrogen (secondary N) is 2. The second kappa shape index (κ2) is 9.82. The number of urea groups is 1. The molecule has 2 rings (SSSR count). The van der Waals surface area contributed by atoms with Crippen molar-refractivity contribution in [1.82, 2.24) is 5.32 Å². The molecule has 0 radical (unpaired) electrons. The molecule has 152 valence electrons. The van der Waals surface area contributed by atoms with Crippen molar-refractivity contribution in [2.24, 2.45) is 0 Å². The van der Waals surface area contributed by atoms with Crippen molar-refractivity contribution in [2.75, 3.05) is 37.5 Å². The number of anilines is 2. The Morgan fingerprint density at radius 1 is 1.11 bits per heavy atom. The van der Waals surface area contributed by atoms with Crippen LogP contribution in [-0.2, 0) is 5.41 Å². The van der Waals surface area contributed by atoms with E-state index in [0.717, 1.165) is 28.0 Å². The zero-order valence-electron chi connectivity index (χ0n) is 17.3. The molecule has 5 nitrogen and oxygen atoms in total. The lowest BCUT2D eigenvalue weighted by Gasteiger charge is -2.20. The van der Waals surface area contributed by atoms with Gasteiger partial charge in [-0.15, -0.1) is 0 Å². The summed E-state index contributed by atoms with van der Waals surface area (Å²) in [6.07, 6.45) is 0.723. The molecule has 0 unspecified atom stereocenters. The summed E-state index contributed by atoms with van der Waals surface area (Å²) in [5.41, 5.74) is 3.21. The van der Waals surface area contributed by atoms with Gasteiger partial charge in [0.05, 0.1) is 11.1 Å². The van der Waals surface area contributed by atoms with Gasteiger partial charge in [0.1, 0.15) is 5.75 Å². The van der Waals surface area contributed by atoms with Gasteiger partial charge in [0.2, 0.25) is 0 Å². The van der Waals surface area contributed by atoms with Gasteiger partial charge in [-0.3, -0.25) is 0 Å². The SMILES string of the molecule is CN(C)c1ccc(NC(=O)NCCCOc2ccc(C(C)(C)C)cc2Br)cc1. The molecule has 0 bridgehead atoms. The topological polar surface area (TPSA) is 53.6 Å². The molecule has 0 saturated heterocycles. The van der Waals surface area contributed by atoms with Gasteiger partial charge >= 0.3 is 6.03 Å². The number of carbonyl (C=O) groups is 1. The zero-order chi connectivity index (χ0) is 20.7. The third-order valence-electron chi connectivity index (χ3n) is 4.30. The van der Waals surface area contributed by atoms with E-state index in [1.807, 2.05) is 49.3 Å². The van der Waals surface area contributed by atoms with E-state index in [-0.39, 0.29) is 11.4 Å². The van der Waals surface area contributed by atoms with Crippen molar-refractivity contribution < 1.29 is 9.53 Å². The highest BCUT2D eigenvalue weighted by Gasteiger charge is 2.15. The lowest BCUT2D eigenvalue weighted by Crippen LogP contribution is -2.30. The number of halogens is 1. The predicted octanol–water partition coefficient (Wildman–Crippen LogP) is 5.40. The Morgan fingerprint density at radius 2 is 1.79 bits per heavy atom. The number of carbonyl (C=O) groups excluding carboxylic acids is 1. The minimum atomic E-state index is -0.215. The van der Waals surface area contributed by atoms with Crippen molar-refractivity contribution in [1.29, 1.82) is 0 Å². The van der Waals surface area contributed by atoms with E-state index >= 15 is 0 Å². The standard InChI is InChI=1S/C22H30BrN3O2/c1-22(2,3)16-7-12-20(19(23)15-16)28-14-6-13-24-21(27)25-17-8-10-18(11-9-17)26(4)5/h7-12,15H,6,13-14H2,1-5H3,(H2,24,25,27). The summed E-state index contributed by atoms with van der Waals surface area (Å²) < 4.78 is 6.77. The average molecular weight is 448 g/mol. The number of rotatable bonds is 7. The number of hydrogen-bond acceptors (Lipinski definition) is 3. The van der Waals surface area contributed by atoms with E-state index in [4.69, 9.17) is 4.74 Å². The molecule has 2 aromatic rings. The highest BCUT2D eigenvalue weighted by Crippen LogP contribution is 2.31. The molecule has 0 aliphatic carbocycles. The van der Waals surface area contributed by atoms with E-state index in [9.17, 15) is 4.79 Å². The summed E-state index contributed by atoms with van der Waals surface area (Å²) >= 11 is 3.58. The largest absolute Gasteiger partial charge is 0.492 e. The number of amides is 2. The van der Waals surface area contributed by atoms with Gasteiger partial charge < -0.3 is 20.3 Å². The zero-order valence-corrected chi connectivity index (χ0v) is 18.9. The number of hydrogen-bond donors (Lipinski definition) is 2. The van der Waals surface area contributed by atoms with Gasteiger partial charge in [0.15, 0.2) is 0 Å². The Balaban J connectivity index is 1.70. The second-order valence-corrected chi connectivity index (χ2v) is 8.77. The maximum absolute atomic E-state index is 12.0. The van der Waals surface area contributed by atoms with Crippen LogP contribution in [0.4, 0.5) is 16.2 Å². The lowest BCUT2D eigenvalue weighted by atomic mass is 9.87. The molecule has 28 heavy (non-hydrogen) atoms. The fraction of sp³-hybridized carbons (Fsp3) is 0.409.